The van der Waals surface area contributed by atoms with Gasteiger partial charge in [0.25, 0.3) is 0 Å². The molecule has 0 saturated carbocycles. The van der Waals surface area contributed by atoms with Gasteiger partial charge >= 0.3 is 11.9 Å². The van der Waals surface area contributed by atoms with Crippen LogP contribution in [0.1, 0.15) is 187 Å². The molecule has 0 aromatic heterocycles. The van der Waals surface area contributed by atoms with Crippen molar-refractivity contribution in [2.24, 2.45) is 0 Å². The van der Waals surface area contributed by atoms with Gasteiger partial charge in [0.05, 0.1) is 0 Å². The standard InChI is InChI=1S/C34H64O4/c1-3-5-7-9-11-12-13-14-15-16-17-18-19-20-22-24-26-31-34(37)38-32(29-27-30-33(35)36)28-25-23-21-10-8-6-4-2/h14-15,32H,3-13,16-31H2,1-2H3,(H,35,36)/b15-14-. The molecule has 1 atom stereocenters. The largest absolute Gasteiger partial charge is 0.481 e. The second kappa shape index (κ2) is 30.2. The van der Waals surface area contributed by atoms with Crippen LogP contribution in [0.5, 0.6) is 0 Å². The summed E-state index contributed by atoms with van der Waals surface area (Å²) in [7, 11) is 0. The molecule has 0 aliphatic carbocycles. The van der Waals surface area contributed by atoms with E-state index in [0.29, 0.717) is 19.3 Å². The number of carbonyl (C=O) groups excluding carboxylic acids is 1. The van der Waals surface area contributed by atoms with E-state index in [-0.39, 0.29) is 18.5 Å². The van der Waals surface area contributed by atoms with Crippen LogP contribution in [0, 0.1) is 0 Å². The summed E-state index contributed by atoms with van der Waals surface area (Å²) >= 11 is 0. The van der Waals surface area contributed by atoms with Gasteiger partial charge in [-0.1, -0.05) is 129 Å². The van der Waals surface area contributed by atoms with E-state index in [9.17, 15) is 9.59 Å². The van der Waals surface area contributed by atoms with Crippen molar-refractivity contribution in [2.45, 2.75) is 193 Å². The van der Waals surface area contributed by atoms with Gasteiger partial charge in [0.15, 0.2) is 0 Å². The number of unbranched alkanes of at least 4 members (excludes halogenated alkanes) is 19. The number of carbonyl (C=O) groups is 2. The monoisotopic (exact) mass is 536 g/mol. The Hall–Kier alpha value is -1.32. The van der Waals surface area contributed by atoms with Gasteiger partial charge in [-0.25, -0.2) is 0 Å². The summed E-state index contributed by atoms with van der Waals surface area (Å²) in [6.07, 6.45) is 35.1. The summed E-state index contributed by atoms with van der Waals surface area (Å²) in [6.45, 7) is 4.50. The predicted molar refractivity (Wildman–Crippen MR) is 163 cm³/mol. The second-order valence-electron chi connectivity index (χ2n) is 11.3. The van der Waals surface area contributed by atoms with Crippen LogP contribution in [0.25, 0.3) is 0 Å². The fraction of sp³-hybridized carbons (Fsp3) is 0.882. The quantitative estimate of drug-likeness (QED) is 0.0563. The van der Waals surface area contributed by atoms with Crippen molar-refractivity contribution >= 4 is 11.9 Å². The van der Waals surface area contributed by atoms with Crippen LogP contribution in [-0.2, 0) is 14.3 Å². The maximum Gasteiger partial charge on any atom is 0.306 e. The smallest absolute Gasteiger partial charge is 0.306 e. The molecular formula is C34H64O4. The lowest BCUT2D eigenvalue weighted by Gasteiger charge is -2.18. The van der Waals surface area contributed by atoms with Gasteiger partial charge in [0, 0.05) is 12.8 Å². The highest BCUT2D eigenvalue weighted by atomic mass is 16.5. The number of carboxylic acids is 1. The maximum atomic E-state index is 12.4. The summed E-state index contributed by atoms with van der Waals surface area (Å²) in [6, 6.07) is 0. The first-order valence-electron chi connectivity index (χ1n) is 16.7. The van der Waals surface area contributed by atoms with Crippen LogP contribution < -0.4 is 0 Å². The van der Waals surface area contributed by atoms with Gasteiger partial charge in [-0.3, -0.25) is 9.59 Å². The van der Waals surface area contributed by atoms with E-state index in [1.54, 1.807) is 0 Å². The number of ether oxygens (including phenoxy) is 1. The van der Waals surface area contributed by atoms with Crippen molar-refractivity contribution in [1.82, 2.24) is 0 Å². The highest BCUT2D eigenvalue weighted by Gasteiger charge is 2.15. The number of rotatable bonds is 30. The van der Waals surface area contributed by atoms with Crippen LogP contribution in [0.4, 0.5) is 0 Å². The Morgan fingerprint density at radius 1 is 0.553 bits per heavy atom. The van der Waals surface area contributed by atoms with E-state index in [4.69, 9.17) is 9.84 Å². The molecule has 0 rings (SSSR count). The number of aliphatic carboxylic acids is 1. The van der Waals surface area contributed by atoms with E-state index in [1.165, 1.54) is 122 Å². The molecule has 0 spiro atoms. The van der Waals surface area contributed by atoms with Gasteiger partial charge in [-0.05, 0) is 57.8 Å². The Labute approximate surface area is 236 Å². The Bertz CT molecular complexity index is 543. The van der Waals surface area contributed by atoms with E-state index < -0.39 is 5.97 Å². The molecule has 0 amide bonds. The molecule has 0 heterocycles. The fourth-order valence-electron chi connectivity index (χ4n) is 5.01. The molecule has 1 unspecified atom stereocenters. The molecule has 0 radical (unpaired) electrons. The summed E-state index contributed by atoms with van der Waals surface area (Å²) < 4.78 is 5.77. The Kier molecular flexibility index (Phi) is 29.2. The number of allylic oxidation sites excluding steroid dienone is 2. The molecule has 4 nitrogen and oxygen atoms in total. The number of carboxylic acid groups (broad SMARTS) is 1. The minimum Gasteiger partial charge on any atom is -0.481 e. The molecule has 0 aromatic rings. The molecule has 38 heavy (non-hydrogen) atoms. The van der Waals surface area contributed by atoms with Gasteiger partial charge in [0.1, 0.15) is 6.10 Å². The number of esters is 1. The van der Waals surface area contributed by atoms with Crippen LogP contribution in [0.3, 0.4) is 0 Å². The normalized spacial score (nSPS) is 12.3. The molecule has 4 heteroatoms. The van der Waals surface area contributed by atoms with Gasteiger partial charge in [-0.2, -0.15) is 0 Å². The van der Waals surface area contributed by atoms with E-state index >= 15 is 0 Å². The summed E-state index contributed by atoms with van der Waals surface area (Å²) in [5.41, 5.74) is 0. The summed E-state index contributed by atoms with van der Waals surface area (Å²) in [5.74, 6) is -0.869. The van der Waals surface area contributed by atoms with Crippen molar-refractivity contribution in [1.29, 1.82) is 0 Å². The first-order chi connectivity index (χ1) is 18.6. The van der Waals surface area contributed by atoms with Crippen molar-refractivity contribution in [3.63, 3.8) is 0 Å². The third kappa shape index (κ3) is 29.2. The zero-order valence-electron chi connectivity index (χ0n) is 25.5. The van der Waals surface area contributed by atoms with Crippen molar-refractivity contribution < 1.29 is 19.4 Å². The Morgan fingerprint density at radius 2 is 0.974 bits per heavy atom. The van der Waals surface area contributed by atoms with Crippen LogP contribution in [-0.4, -0.2) is 23.1 Å². The zero-order valence-corrected chi connectivity index (χ0v) is 25.5. The number of hydrogen-bond donors (Lipinski definition) is 1. The lowest BCUT2D eigenvalue weighted by molar-refractivity contribution is -0.150. The van der Waals surface area contributed by atoms with Gasteiger partial charge < -0.3 is 9.84 Å². The minimum absolute atomic E-state index is 0.0963. The molecule has 224 valence electrons. The lowest BCUT2D eigenvalue weighted by atomic mass is 10.0. The first-order valence-corrected chi connectivity index (χ1v) is 16.7. The van der Waals surface area contributed by atoms with Crippen LogP contribution in [0.15, 0.2) is 12.2 Å². The van der Waals surface area contributed by atoms with Gasteiger partial charge in [-0.15, -0.1) is 0 Å². The van der Waals surface area contributed by atoms with Crippen molar-refractivity contribution in [3.8, 4) is 0 Å². The maximum absolute atomic E-state index is 12.4. The third-order valence-corrected chi connectivity index (χ3v) is 7.49. The zero-order chi connectivity index (χ0) is 27.9. The summed E-state index contributed by atoms with van der Waals surface area (Å²) in [4.78, 5) is 23.2. The fourth-order valence-corrected chi connectivity index (χ4v) is 5.01. The molecule has 0 aromatic carbocycles. The summed E-state index contributed by atoms with van der Waals surface area (Å²) in [5, 5.41) is 8.93. The molecule has 0 aliphatic rings. The molecular weight excluding hydrogens is 472 g/mol. The average Bonchev–Trinajstić information content (AvgIpc) is 2.89. The predicted octanol–water partition coefficient (Wildman–Crippen LogP) is 11.1. The van der Waals surface area contributed by atoms with E-state index in [0.717, 1.165) is 25.7 Å². The molecule has 0 bridgehead atoms. The lowest BCUT2D eigenvalue weighted by Crippen LogP contribution is -2.18. The van der Waals surface area contributed by atoms with Crippen LogP contribution in [0.2, 0.25) is 0 Å². The Morgan fingerprint density at radius 3 is 1.47 bits per heavy atom. The van der Waals surface area contributed by atoms with Crippen LogP contribution >= 0.6 is 0 Å². The second-order valence-corrected chi connectivity index (χ2v) is 11.3. The van der Waals surface area contributed by atoms with Crippen molar-refractivity contribution in [2.75, 3.05) is 0 Å². The van der Waals surface area contributed by atoms with Gasteiger partial charge in [0.2, 0.25) is 0 Å². The molecule has 0 aliphatic heterocycles. The van der Waals surface area contributed by atoms with Crippen molar-refractivity contribution in [3.05, 3.63) is 12.2 Å². The topological polar surface area (TPSA) is 63.6 Å². The van der Waals surface area contributed by atoms with E-state index in [1.807, 2.05) is 0 Å². The Balaban J connectivity index is 3.74. The average molecular weight is 537 g/mol. The third-order valence-electron chi connectivity index (χ3n) is 7.49. The minimum atomic E-state index is -0.772. The highest BCUT2D eigenvalue weighted by Crippen LogP contribution is 2.17. The SMILES string of the molecule is CCCCCCCC/C=C\CCCCCCCCCC(=O)OC(CCCCCCCCC)CCCC(=O)O. The number of hydrogen-bond acceptors (Lipinski definition) is 3. The molecule has 0 fully saturated rings. The first kappa shape index (κ1) is 36.7. The molecule has 1 N–H and O–H groups in total. The highest BCUT2D eigenvalue weighted by molar-refractivity contribution is 5.69. The molecule has 0 saturated heterocycles. The van der Waals surface area contributed by atoms with E-state index in [2.05, 4.69) is 26.0 Å².